The first-order chi connectivity index (χ1) is 17.7. The lowest BCUT2D eigenvalue weighted by Gasteiger charge is -2.33. The highest BCUT2D eigenvalue weighted by Gasteiger charge is 2.28. The number of para-hydroxylation sites is 1. The van der Waals surface area contributed by atoms with Crippen LogP contribution in [0.1, 0.15) is 38.2 Å². The summed E-state index contributed by atoms with van der Waals surface area (Å²) in [6.45, 7) is 7.77. The number of allylic oxidation sites excluding steroid dienone is 2. The third-order valence-corrected chi connectivity index (χ3v) is 7.13. The smallest absolute Gasteiger partial charge is 0.331 e. The van der Waals surface area contributed by atoms with Crippen molar-refractivity contribution in [3.05, 3.63) is 68.3 Å². The fourth-order valence-corrected chi connectivity index (χ4v) is 5.30. The molecule has 4 heterocycles. The standard InChI is InChI=1S/C27H34N8O2/c1-16(2)11-13-34-24-23(22(29)25(34)33-12-7-8-18(28)14-33)32(4)27(37)35(26(24)36)15-21-30-17(3)19-9-5-6-10-20(19)31-21/h5-6,9-11,18H,7-8,12-15,28-29H2,1-4H3/t18-/m0/s1. The number of benzene rings is 1. The predicted octanol–water partition coefficient (Wildman–Crippen LogP) is 2.28. The molecule has 4 N–H and O–H groups in total. The third kappa shape index (κ3) is 4.31. The summed E-state index contributed by atoms with van der Waals surface area (Å²) in [6.07, 6.45) is 3.94. The van der Waals surface area contributed by atoms with Crippen LogP contribution in [-0.4, -0.2) is 42.8 Å². The van der Waals surface area contributed by atoms with Crippen molar-refractivity contribution in [2.45, 2.75) is 52.7 Å². The van der Waals surface area contributed by atoms with Gasteiger partial charge in [-0.3, -0.25) is 13.9 Å². The highest BCUT2D eigenvalue weighted by molar-refractivity contribution is 5.96. The van der Waals surface area contributed by atoms with Crippen molar-refractivity contribution in [1.82, 2.24) is 23.7 Å². The van der Waals surface area contributed by atoms with Gasteiger partial charge in [-0.05, 0) is 39.7 Å². The van der Waals surface area contributed by atoms with E-state index in [1.54, 1.807) is 7.05 Å². The summed E-state index contributed by atoms with van der Waals surface area (Å²) in [7, 11) is 1.65. The maximum absolute atomic E-state index is 14.0. The Morgan fingerprint density at radius 3 is 2.62 bits per heavy atom. The van der Waals surface area contributed by atoms with Gasteiger partial charge in [-0.1, -0.05) is 29.8 Å². The van der Waals surface area contributed by atoms with Gasteiger partial charge in [0.1, 0.15) is 22.7 Å². The molecule has 1 aromatic carbocycles. The number of anilines is 2. The number of aromatic nitrogens is 5. The van der Waals surface area contributed by atoms with E-state index in [0.29, 0.717) is 35.6 Å². The Morgan fingerprint density at radius 1 is 1.14 bits per heavy atom. The van der Waals surface area contributed by atoms with E-state index in [9.17, 15) is 9.59 Å². The van der Waals surface area contributed by atoms with Crippen LogP contribution >= 0.6 is 0 Å². The normalized spacial score (nSPS) is 16.0. The second kappa shape index (κ2) is 9.51. The van der Waals surface area contributed by atoms with Gasteiger partial charge >= 0.3 is 5.69 Å². The number of hydrogen-bond donors (Lipinski definition) is 2. The first-order valence-corrected chi connectivity index (χ1v) is 12.6. The molecule has 0 bridgehead atoms. The van der Waals surface area contributed by atoms with Gasteiger partial charge in [-0.15, -0.1) is 0 Å². The van der Waals surface area contributed by atoms with Gasteiger partial charge in [-0.25, -0.2) is 14.8 Å². The fraction of sp³-hybridized carbons (Fsp3) is 0.407. The zero-order chi connectivity index (χ0) is 26.4. The molecule has 0 spiro atoms. The molecule has 194 valence electrons. The van der Waals surface area contributed by atoms with Crippen LogP contribution in [0.25, 0.3) is 21.9 Å². The molecule has 37 heavy (non-hydrogen) atoms. The number of hydrogen-bond acceptors (Lipinski definition) is 7. The molecule has 0 aliphatic carbocycles. The van der Waals surface area contributed by atoms with Crippen LogP contribution in [0.2, 0.25) is 0 Å². The summed E-state index contributed by atoms with van der Waals surface area (Å²) in [5.41, 5.74) is 16.1. The zero-order valence-electron chi connectivity index (χ0n) is 21.9. The van der Waals surface area contributed by atoms with Crippen molar-refractivity contribution in [2.24, 2.45) is 12.8 Å². The largest absolute Gasteiger partial charge is 0.394 e. The van der Waals surface area contributed by atoms with Crippen LogP contribution in [0.5, 0.6) is 0 Å². The molecule has 10 nitrogen and oxygen atoms in total. The summed E-state index contributed by atoms with van der Waals surface area (Å²) < 4.78 is 4.60. The number of fused-ring (bicyclic) bond motifs is 2. The maximum atomic E-state index is 14.0. The van der Waals surface area contributed by atoms with Crippen molar-refractivity contribution in [3.8, 4) is 0 Å². The van der Waals surface area contributed by atoms with Crippen LogP contribution in [0.15, 0.2) is 45.5 Å². The van der Waals surface area contributed by atoms with Crippen molar-refractivity contribution in [2.75, 3.05) is 23.7 Å². The van der Waals surface area contributed by atoms with E-state index < -0.39 is 11.2 Å². The predicted molar refractivity (Wildman–Crippen MR) is 148 cm³/mol. The molecule has 1 fully saturated rings. The van der Waals surface area contributed by atoms with Gasteiger partial charge in [0.05, 0.1) is 17.7 Å². The number of nitrogens with zero attached hydrogens (tertiary/aromatic N) is 6. The molecule has 4 aromatic rings. The molecule has 1 atom stereocenters. The van der Waals surface area contributed by atoms with Crippen molar-refractivity contribution < 1.29 is 0 Å². The van der Waals surface area contributed by atoms with E-state index in [4.69, 9.17) is 11.5 Å². The molecule has 0 radical (unpaired) electrons. The Kier molecular flexibility index (Phi) is 6.36. The molecule has 3 aromatic heterocycles. The quantitative estimate of drug-likeness (QED) is 0.400. The minimum Gasteiger partial charge on any atom is -0.394 e. The Bertz CT molecular complexity index is 1660. The minimum absolute atomic E-state index is 0.0248. The molecule has 0 unspecified atom stereocenters. The highest BCUT2D eigenvalue weighted by atomic mass is 16.2. The van der Waals surface area contributed by atoms with E-state index in [1.165, 1.54) is 9.13 Å². The molecule has 1 aliphatic rings. The Labute approximate surface area is 214 Å². The summed E-state index contributed by atoms with van der Waals surface area (Å²) in [4.78, 5) is 38.8. The van der Waals surface area contributed by atoms with Crippen molar-refractivity contribution in [3.63, 3.8) is 0 Å². The van der Waals surface area contributed by atoms with Gasteiger partial charge in [-0.2, -0.15) is 0 Å². The van der Waals surface area contributed by atoms with Gasteiger partial charge < -0.3 is 20.9 Å². The number of nitrogens with two attached hydrogens (primary N) is 2. The van der Waals surface area contributed by atoms with Gasteiger partial charge in [0.25, 0.3) is 5.56 Å². The molecule has 5 rings (SSSR count). The molecule has 1 aliphatic heterocycles. The van der Waals surface area contributed by atoms with Gasteiger partial charge in [0, 0.05) is 43.8 Å². The van der Waals surface area contributed by atoms with E-state index in [2.05, 4.69) is 20.9 Å². The van der Waals surface area contributed by atoms with Crippen molar-refractivity contribution in [1.29, 1.82) is 0 Å². The monoisotopic (exact) mass is 502 g/mol. The fourth-order valence-electron chi connectivity index (χ4n) is 5.30. The second-order valence-electron chi connectivity index (χ2n) is 10.2. The first-order valence-electron chi connectivity index (χ1n) is 12.6. The lowest BCUT2D eigenvalue weighted by molar-refractivity contribution is 0.499. The van der Waals surface area contributed by atoms with Crippen LogP contribution in [0.3, 0.4) is 0 Å². The minimum atomic E-state index is -0.458. The molecule has 0 saturated carbocycles. The SMILES string of the molecule is CC(C)=CCn1c(N2CCC[C@H](N)C2)c(N)c2c1c(=O)n(Cc1nc(C)c3ccccc3n1)c(=O)n2C. The van der Waals surface area contributed by atoms with Crippen molar-refractivity contribution >= 4 is 33.4 Å². The molecular weight excluding hydrogens is 468 g/mol. The number of rotatable bonds is 5. The topological polar surface area (TPSA) is 130 Å². The van der Waals surface area contributed by atoms with Crippen LogP contribution in [-0.2, 0) is 20.1 Å². The Morgan fingerprint density at radius 2 is 1.89 bits per heavy atom. The summed E-state index contributed by atoms with van der Waals surface area (Å²) >= 11 is 0. The van der Waals surface area contributed by atoms with Crippen LogP contribution in [0, 0.1) is 6.92 Å². The van der Waals surface area contributed by atoms with Crippen LogP contribution in [0.4, 0.5) is 11.5 Å². The lowest BCUT2D eigenvalue weighted by Crippen LogP contribution is -2.44. The molecule has 1 saturated heterocycles. The van der Waals surface area contributed by atoms with E-state index >= 15 is 0 Å². The lowest BCUT2D eigenvalue weighted by atomic mass is 10.1. The Hall–Kier alpha value is -3.92. The average Bonchev–Trinajstić information content (AvgIpc) is 3.16. The number of piperidine rings is 1. The maximum Gasteiger partial charge on any atom is 0.331 e. The summed E-state index contributed by atoms with van der Waals surface area (Å²) in [6, 6.07) is 7.72. The van der Waals surface area contributed by atoms with Gasteiger partial charge in [0.15, 0.2) is 0 Å². The van der Waals surface area contributed by atoms with E-state index in [0.717, 1.165) is 47.4 Å². The third-order valence-electron chi connectivity index (χ3n) is 7.13. The average molecular weight is 503 g/mol. The first kappa shape index (κ1) is 24.8. The molecule has 10 heteroatoms. The van der Waals surface area contributed by atoms with Crippen LogP contribution < -0.4 is 27.6 Å². The Balaban J connectivity index is 1.73. The summed E-state index contributed by atoms with van der Waals surface area (Å²) in [5.74, 6) is 1.15. The zero-order valence-corrected chi connectivity index (χ0v) is 21.9. The number of aryl methyl sites for hydroxylation is 2. The van der Waals surface area contributed by atoms with E-state index in [-0.39, 0.29) is 12.6 Å². The molecule has 0 amide bonds. The number of nitrogen functional groups attached to an aromatic ring is 1. The summed E-state index contributed by atoms with van der Waals surface area (Å²) in [5, 5.41) is 0.940. The van der Waals surface area contributed by atoms with E-state index in [1.807, 2.05) is 49.6 Å². The molecular formula is C27H34N8O2. The second-order valence-corrected chi connectivity index (χ2v) is 10.2. The highest BCUT2D eigenvalue weighted by Crippen LogP contribution is 2.35. The van der Waals surface area contributed by atoms with Gasteiger partial charge in [0.2, 0.25) is 0 Å².